The molecule has 0 saturated heterocycles. The number of rotatable bonds is 14. The van der Waals surface area contributed by atoms with Crippen LogP contribution >= 0.6 is 0 Å². The van der Waals surface area contributed by atoms with Crippen LogP contribution in [-0.2, 0) is 0 Å². The molecular formula is C17H40N4. The third kappa shape index (κ3) is 11.1. The summed E-state index contributed by atoms with van der Waals surface area (Å²) in [7, 11) is 0. The molecule has 0 aliphatic rings. The molecule has 2 N–H and O–H groups in total. The largest absolute Gasteiger partial charge is 0.313 e. The second-order valence-electron chi connectivity index (χ2n) is 6.00. The van der Waals surface area contributed by atoms with Crippen molar-refractivity contribution in [3.63, 3.8) is 0 Å². The lowest BCUT2D eigenvalue weighted by atomic mass is 10.1. The summed E-state index contributed by atoms with van der Waals surface area (Å²) in [5.74, 6) is 0. The molecule has 0 aromatic heterocycles. The lowest BCUT2D eigenvalue weighted by Crippen LogP contribution is -2.41. The first-order chi connectivity index (χ1) is 10.1. The minimum absolute atomic E-state index is 0.580. The van der Waals surface area contributed by atoms with Gasteiger partial charge in [0, 0.05) is 38.3 Å². The van der Waals surface area contributed by atoms with Crippen molar-refractivity contribution in [2.24, 2.45) is 0 Å². The summed E-state index contributed by atoms with van der Waals surface area (Å²) in [6, 6.07) is 1.16. The highest BCUT2D eigenvalue weighted by molar-refractivity contribution is 4.71. The van der Waals surface area contributed by atoms with E-state index >= 15 is 0 Å². The molecule has 0 heterocycles. The molecule has 2 atom stereocenters. The molecule has 2 unspecified atom stereocenters. The average Bonchev–Trinajstić information content (AvgIpc) is 2.48. The van der Waals surface area contributed by atoms with Gasteiger partial charge in [0.1, 0.15) is 0 Å². The van der Waals surface area contributed by atoms with Gasteiger partial charge in [-0.05, 0) is 46.4 Å². The monoisotopic (exact) mass is 300 g/mol. The van der Waals surface area contributed by atoms with Crippen LogP contribution in [0.15, 0.2) is 0 Å². The van der Waals surface area contributed by atoms with E-state index in [0.29, 0.717) is 12.1 Å². The van der Waals surface area contributed by atoms with E-state index in [0.717, 1.165) is 52.4 Å². The third-order valence-corrected chi connectivity index (χ3v) is 4.34. The summed E-state index contributed by atoms with van der Waals surface area (Å²) in [6.07, 6.45) is 1.19. The molecule has 0 fully saturated rings. The van der Waals surface area contributed by atoms with E-state index in [4.69, 9.17) is 0 Å². The quantitative estimate of drug-likeness (QED) is 0.514. The van der Waals surface area contributed by atoms with Crippen LogP contribution in [0, 0.1) is 0 Å². The standard InChI is InChI=1S/C17H40N4/c1-7-20(8-2)13-11-18-16(5)15-17(6)19-12-14-21(9-3)10-4/h16-19H,7-15H2,1-6H3. The maximum atomic E-state index is 3.64. The number of hydrogen-bond acceptors (Lipinski definition) is 4. The summed E-state index contributed by atoms with van der Waals surface area (Å²) >= 11 is 0. The van der Waals surface area contributed by atoms with E-state index in [1.54, 1.807) is 0 Å². The molecule has 0 bridgehead atoms. The Hall–Kier alpha value is -0.160. The highest BCUT2D eigenvalue weighted by Crippen LogP contribution is 1.97. The third-order valence-electron chi connectivity index (χ3n) is 4.34. The van der Waals surface area contributed by atoms with Crippen LogP contribution in [0.25, 0.3) is 0 Å². The van der Waals surface area contributed by atoms with Crippen molar-refractivity contribution in [1.82, 2.24) is 20.4 Å². The van der Waals surface area contributed by atoms with Crippen LogP contribution in [0.1, 0.15) is 48.0 Å². The molecule has 0 aliphatic carbocycles. The van der Waals surface area contributed by atoms with Crippen molar-refractivity contribution in [3.8, 4) is 0 Å². The highest BCUT2D eigenvalue weighted by atomic mass is 15.1. The zero-order valence-corrected chi connectivity index (χ0v) is 15.4. The molecule has 0 spiro atoms. The van der Waals surface area contributed by atoms with Gasteiger partial charge in [0.25, 0.3) is 0 Å². The molecule has 4 nitrogen and oxygen atoms in total. The van der Waals surface area contributed by atoms with Crippen molar-refractivity contribution < 1.29 is 0 Å². The van der Waals surface area contributed by atoms with Crippen molar-refractivity contribution in [3.05, 3.63) is 0 Å². The maximum absolute atomic E-state index is 3.64. The van der Waals surface area contributed by atoms with Crippen molar-refractivity contribution in [2.75, 3.05) is 52.4 Å². The van der Waals surface area contributed by atoms with E-state index in [1.165, 1.54) is 6.42 Å². The molecule has 0 aromatic carbocycles. The van der Waals surface area contributed by atoms with E-state index in [-0.39, 0.29) is 0 Å². The molecule has 0 rings (SSSR count). The van der Waals surface area contributed by atoms with E-state index < -0.39 is 0 Å². The zero-order valence-electron chi connectivity index (χ0n) is 15.4. The van der Waals surface area contributed by atoms with E-state index in [2.05, 4.69) is 62.0 Å². The molecule has 0 amide bonds. The lowest BCUT2D eigenvalue weighted by molar-refractivity contribution is 0.286. The van der Waals surface area contributed by atoms with E-state index in [9.17, 15) is 0 Å². The summed E-state index contributed by atoms with van der Waals surface area (Å²) < 4.78 is 0. The fraction of sp³-hybridized carbons (Fsp3) is 1.00. The zero-order chi connectivity index (χ0) is 16.1. The smallest absolute Gasteiger partial charge is 0.0107 e. The topological polar surface area (TPSA) is 30.5 Å². The Morgan fingerprint density at radius 2 is 1.00 bits per heavy atom. The Morgan fingerprint density at radius 1 is 0.667 bits per heavy atom. The predicted octanol–water partition coefficient (Wildman–Crippen LogP) is 2.02. The van der Waals surface area contributed by atoms with E-state index in [1.807, 2.05) is 0 Å². The summed E-state index contributed by atoms with van der Waals surface area (Å²) in [5, 5.41) is 7.28. The Balaban J connectivity index is 3.66. The summed E-state index contributed by atoms with van der Waals surface area (Å²) in [6.45, 7) is 22.6. The highest BCUT2D eigenvalue weighted by Gasteiger charge is 2.08. The number of nitrogens with zero attached hydrogens (tertiary/aromatic N) is 2. The summed E-state index contributed by atoms with van der Waals surface area (Å²) in [4.78, 5) is 4.93. The van der Waals surface area contributed by atoms with Crippen molar-refractivity contribution >= 4 is 0 Å². The predicted molar refractivity (Wildman–Crippen MR) is 95.1 cm³/mol. The lowest BCUT2D eigenvalue weighted by Gasteiger charge is -2.24. The fourth-order valence-corrected chi connectivity index (χ4v) is 2.71. The van der Waals surface area contributed by atoms with Crippen LogP contribution in [0.5, 0.6) is 0 Å². The molecule has 0 radical (unpaired) electrons. The first-order valence-electron chi connectivity index (χ1n) is 8.98. The molecule has 128 valence electrons. The Morgan fingerprint density at radius 3 is 1.29 bits per heavy atom. The maximum Gasteiger partial charge on any atom is 0.0107 e. The van der Waals surface area contributed by atoms with Crippen LogP contribution in [0.4, 0.5) is 0 Å². The van der Waals surface area contributed by atoms with Gasteiger partial charge in [-0.2, -0.15) is 0 Å². The Bertz CT molecular complexity index is 193. The van der Waals surface area contributed by atoms with Crippen LogP contribution < -0.4 is 10.6 Å². The van der Waals surface area contributed by atoms with Gasteiger partial charge in [-0.15, -0.1) is 0 Å². The van der Waals surface area contributed by atoms with Gasteiger partial charge in [0.05, 0.1) is 0 Å². The normalized spacial score (nSPS) is 14.9. The Labute approximate surface area is 133 Å². The number of likely N-dealkylation sites (N-methyl/N-ethyl adjacent to an activating group) is 2. The first kappa shape index (κ1) is 20.8. The average molecular weight is 301 g/mol. The molecule has 0 aromatic rings. The van der Waals surface area contributed by atoms with Gasteiger partial charge in [-0.3, -0.25) is 0 Å². The minimum Gasteiger partial charge on any atom is -0.313 e. The van der Waals surface area contributed by atoms with Crippen LogP contribution in [0.2, 0.25) is 0 Å². The van der Waals surface area contributed by atoms with Gasteiger partial charge in [0.2, 0.25) is 0 Å². The molecule has 4 heteroatoms. The van der Waals surface area contributed by atoms with Gasteiger partial charge < -0.3 is 20.4 Å². The molecule has 0 aliphatic heterocycles. The Kier molecular flexibility index (Phi) is 13.4. The second kappa shape index (κ2) is 13.5. The number of hydrogen-bond donors (Lipinski definition) is 2. The van der Waals surface area contributed by atoms with Crippen molar-refractivity contribution in [1.29, 1.82) is 0 Å². The molecule has 21 heavy (non-hydrogen) atoms. The SMILES string of the molecule is CCN(CC)CCNC(C)CC(C)NCCN(CC)CC. The van der Waals surface area contributed by atoms with Crippen molar-refractivity contribution in [2.45, 2.75) is 60.0 Å². The molecular weight excluding hydrogens is 260 g/mol. The van der Waals surface area contributed by atoms with Crippen LogP contribution in [0.3, 0.4) is 0 Å². The second-order valence-corrected chi connectivity index (χ2v) is 6.00. The van der Waals surface area contributed by atoms with Gasteiger partial charge in [0.15, 0.2) is 0 Å². The molecule has 0 saturated carbocycles. The van der Waals surface area contributed by atoms with Crippen LogP contribution in [-0.4, -0.2) is 74.2 Å². The first-order valence-corrected chi connectivity index (χ1v) is 8.98. The summed E-state index contributed by atoms with van der Waals surface area (Å²) in [5.41, 5.74) is 0. The van der Waals surface area contributed by atoms with Gasteiger partial charge in [-0.25, -0.2) is 0 Å². The van der Waals surface area contributed by atoms with Gasteiger partial charge in [-0.1, -0.05) is 27.7 Å². The minimum atomic E-state index is 0.580. The number of nitrogens with one attached hydrogen (secondary N) is 2. The fourth-order valence-electron chi connectivity index (χ4n) is 2.71. The van der Waals surface area contributed by atoms with Gasteiger partial charge >= 0.3 is 0 Å².